The van der Waals surface area contributed by atoms with E-state index in [1.807, 2.05) is 6.08 Å². The van der Waals surface area contributed by atoms with Crippen molar-refractivity contribution >= 4 is 0 Å². The van der Waals surface area contributed by atoms with Crippen molar-refractivity contribution in [3.05, 3.63) is 35.9 Å². The number of rotatable bonds is 2. The van der Waals surface area contributed by atoms with Gasteiger partial charge in [-0.2, -0.15) is 10.2 Å². The third-order valence-corrected chi connectivity index (χ3v) is 2.16. The fraction of sp³-hybridized carbons (Fsp3) is 0.400. The lowest BCUT2D eigenvalue weighted by Crippen LogP contribution is -2.10. The lowest BCUT2D eigenvalue weighted by atomic mass is 10.1. The van der Waals surface area contributed by atoms with Crippen LogP contribution in [-0.2, 0) is 4.74 Å². The van der Waals surface area contributed by atoms with Crippen molar-refractivity contribution in [2.75, 3.05) is 6.61 Å². The SMILES string of the molecule is OC(C1=CCCCO1)c1ccnnc1. The number of aliphatic hydroxyl groups is 1. The van der Waals surface area contributed by atoms with E-state index in [2.05, 4.69) is 10.2 Å². The van der Waals surface area contributed by atoms with Gasteiger partial charge in [-0.15, -0.1) is 0 Å². The van der Waals surface area contributed by atoms with Gasteiger partial charge in [-0.25, -0.2) is 0 Å². The van der Waals surface area contributed by atoms with Gasteiger partial charge in [0.1, 0.15) is 11.9 Å². The van der Waals surface area contributed by atoms with E-state index in [0.717, 1.165) is 12.8 Å². The molecule has 1 N–H and O–H groups in total. The molecule has 0 saturated heterocycles. The van der Waals surface area contributed by atoms with Gasteiger partial charge in [0.25, 0.3) is 0 Å². The molecule has 2 heterocycles. The largest absolute Gasteiger partial charge is 0.495 e. The Morgan fingerprint density at radius 2 is 2.36 bits per heavy atom. The predicted molar refractivity (Wildman–Crippen MR) is 50.3 cm³/mol. The molecule has 0 spiro atoms. The lowest BCUT2D eigenvalue weighted by molar-refractivity contribution is 0.0915. The number of ether oxygens (including phenoxy) is 1. The van der Waals surface area contributed by atoms with E-state index < -0.39 is 6.10 Å². The monoisotopic (exact) mass is 192 g/mol. The molecule has 0 bridgehead atoms. The van der Waals surface area contributed by atoms with Crippen LogP contribution >= 0.6 is 0 Å². The van der Waals surface area contributed by atoms with Crippen molar-refractivity contribution in [2.24, 2.45) is 0 Å². The van der Waals surface area contributed by atoms with Crippen LogP contribution in [0.2, 0.25) is 0 Å². The molecule has 1 aromatic rings. The second kappa shape index (κ2) is 4.19. The van der Waals surface area contributed by atoms with Crippen LogP contribution in [0.4, 0.5) is 0 Å². The Balaban J connectivity index is 2.15. The summed E-state index contributed by atoms with van der Waals surface area (Å²) in [6.45, 7) is 0.682. The number of aliphatic hydroxyl groups excluding tert-OH is 1. The number of hydrogen-bond donors (Lipinski definition) is 1. The van der Waals surface area contributed by atoms with E-state index in [4.69, 9.17) is 4.74 Å². The summed E-state index contributed by atoms with van der Waals surface area (Å²) in [7, 11) is 0. The van der Waals surface area contributed by atoms with Crippen molar-refractivity contribution < 1.29 is 9.84 Å². The zero-order valence-electron chi connectivity index (χ0n) is 7.76. The van der Waals surface area contributed by atoms with Gasteiger partial charge in [0.05, 0.1) is 12.8 Å². The molecular formula is C10H12N2O2. The molecule has 0 aliphatic carbocycles. The number of aromatic nitrogens is 2. The second-order valence-corrected chi connectivity index (χ2v) is 3.18. The van der Waals surface area contributed by atoms with Crippen molar-refractivity contribution in [3.8, 4) is 0 Å². The van der Waals surface area contributed by atoms with Crippen LogP contribution in [0.5, 0.6) is 0 Å². The summed E-state index contributed by atoms with van der Waals surface area (Å²) in [5.74, 6) is 0.629. The molecule has 1 atom stereocenters. The molecule has 0 fully saturated rings. The van der Waals surface area contributed by atoms with Crippen LogP contribution in [-0.4, -0.2) is 21.9 Å². The minimum Gasteiger partial charge on any atom is -0.495 e. The van der Waals surface area contributed by atoms with Gasteiger partial charge in [-0.05, 0) is 25.0 Å². The third-order valence-electron chi connectivity index (χ3n) is 2.16. The number of allylic oxidation sites excluding steroid dienone is 1. The molecule has 4 heteroatoms. The first-order valence-corrected chi connectivity index (χ1v) is 4.65. The summed E-state index contributed by atoms with van der Waals surface area (Å²) < 4.78 is 5.36. The van der Waals surface area contributed by atoms with Gasteiger partial charge >= 0.3 is 0 Å². The third kappa shape index (κ3) is 1.90. The van der Waals surface area contributed by atoms with E-state index in [0.29, 0.717) is 17.9 Å². The second-order valence-electron chi connectivity index (χ2n) is 3.18. The van der Waals surface area contributed by atoms with Gasteiger partial charge in [0.15, 0.2) is 0 Å². The molecule has 1 unspecified atom stereocenters. The normalized spacial score (nSPS) is 18.2. The average Bonchev–Trinajstić information content (AvgIpc) is 2.30. The minimum absolute atomic E-state index is 0.629. The van der Waals surface area contributed by atoms with Gasteiger partial charge in [-0.1, -0.05) is 0 Å². The Kier molecular flexibility index (Phi) is 2.74. The molecule has 1 aromatic heterocycles. The van der Waals surface area contributed by atoms with Crippen LogP contribution in [0.15, 0.2) is 30.3 Å². The summed E-state index contributed by atoms with van der Waals surface area (Å²) in [4.78, 5) is 0. The molecule has 1 aliphatic heterocycles. The van der Waals surface area contributed by atoms with Gasteiger partial charge in [0.2, 0.25) is 0 Å². The Morgan fingerprint density at radius 1 is 1.43 bits per heavy atom. The molecule has 0 radical (unpaired) electrons. The highest BCUT2D eigenvalue weighted by Crippen LogP contribution is 2.24. The van der Waals surface area contributed by atoms with Gasteiger partial charge in [-0.3, -0.25) is 0 Å². The molecule has 4 nitrogen and oxygen atoms in total. The average molecular weight is 192 g/mol. The molecule has 0 amide bonds. The minimum atomic E-state index is -0.703. The van der Waals surface area contributed by atoms with Crippen LogP contribution in [0, 0.1) is 0 Å². The molecule has 74 valence electrons. The molecule has 14 heavy (non-hydrogen) atoms. The van der Waals surface area contributed by atoms with Crippen molar-refractivity contribution in [1.29, 1.82) is 0 Å². The fourth-order valence-electron chi connectivity index (χ4n) is 1.39. The Labute approximate surface area is 82.2 Å². The molecule has 0 aromatic carbocycles. The number of nitrogens with zero attached hydrogens (tertiary/aromatic N) is 2. The smallest absolute Gasteiger partial charge is 0.137 e. The zero-order chi connectivity index (χ0) is 9.80. The summed E-state index contributed by atoms with van der Waals surface area (Å²) >= 11 is 0. The van der Waals surface area contributed by atoms with Gasteiger partial charge < -0.3 is 9.84 Å². The first-order chi connectivity index (χ1) is 6.88. The molecule has 1 aliphatic rings. The van der Waals surface area contributed by atoms with Crippen LogP contribution in [0.3, 0.4) is 0 Å². The zero-order valence-corrected chi connectivity index (χ0v) is 7.76. The maximum absolute atomic E-state index is 9.88. The Hall–Kier alpha value is -1.42. The Bertz CT molecular complexity index is 324. The maximum atomic E-state index is 9.88. The first kappa shape index (κ1) is 9.15. The molecule has 2 rings (SSSR count). The lowest BCUT2D eigenvalue weighted by Gasteiger charge is -2.19. The topological polar surface area (TPSA) is 55.2 Å². The highest BCUT2D eigenvalue weighted by atomic mass is 16.5. The summed E-state index contributed by atoms with van der Waals surface area (Å²) in [5, 5.41) is 17.2. The van der Waals surface area contributed by atoms with Crippen molar-refractivity contribution in [2.45, 2.75) is 18.9 Å². The Morgan fingerprint density at radius 3 is 3.00 bits per heavy atom. The van der Waals surface area contributed by atoms with E-state index in [1.54, 1.807) is 18.5 Å². The van der Waals surface area contributed by atoms with E-state index in [9.17, 15) is 5.11 Å². The fourth-order valence-corrected chi connectivity index (χ4v) is 1.39. The van der Waals surface area contributed by atoms with Gasteiger partial charge in [0, 0.05) is 11.8 Å². The van der Waals surface area contributed by atoms with E-state index >= 15 is 0 Å². The molecular weight excluding hydrogens is 180 g/mol. The highest BCUT2D eigenvalue weighted by molar-refractivity contribution is 5.19. The first-order valence-electron chi connectivity index (χ1n) is 4.65. The van der Waals surface area contributed by atoms with Crippen molar-refractivity contribution in [3.63, 3.8) is 0 Å². The quantitative estimate of drug-likeness (QED) is 0.765. The van der Waals surface area contributed by atoms with E-state index in [1.165, 1.54) is 0 Å². The maximum Gasteiger partial charge on any atom is 0.137 e. The van der Waals surface area contributed by atoms with Crippen molar-refractivity contribution in [1.82, 2.24) is 10.2 Å². The summed E-state index contributed by atoms with van der Waals surface area (Å²) in [6.07, 6.45) is 6.31. The molecule has 0 saturated carbocycles. The number of hydrogen-bond acceptors (Lipinski definition) is 4. The predicted octanol–water partition coefficient (Wildman–Crippen LogP) is 1.20. The summed E-state index contributed by atoms with van der Waals surface area (Å²) in [6, 6.07) is 1.73. The highest BCUT2D eigenvalue weighted by Gasteiger charge is 2.16. The van der Waals surface area contributed by atoms with E-state index in [-0.39, 0.29) is 0 Å². The standard InChI is InChI=1S/C10H12N2O2/c13-10(8-4-5-11-12-7-8)9-3-1-2-6-14-9/h3-5,7,10,13H,1-2,6H2. The summed E-state index contributed by atoms with van der Waals surface area (Å²) in [5.41, 5.74) is 0.716. The van der Waals surface area contributed by atoms with Crippen LogP contribution < -0.4 is 0 Å². The van der Waals surface area contributed by atoms with Crippen LogP contribution in [0.25, 0.3) is 0 Å². The van der Waals surface area contributed by atoms with Crippen LogP contribution in [0.1, 0.15) is 24.5 Å².